The fourth-order valence-electron chi connectivity index (χ4n) is 3.01. The summed E-state index contributed by atoms with van der Waals surface area (Å²) < 4.78 is 95.3. The molecule has 0 bridgehead atoms. The highest BCUT2D eigenvalue weighted by Gasteiger charge is 2.76. The minimum Gasteiger partial charge on any atom is -0.455 e. The Hall–Kier alpha value is -3.62. The molecule has 1 aromatic heterocycles. The van der Waals surface area contributed by atoms with Gasteiger partial charge in [0.25, 0.3) is 5.91 Å². The molecule has 1 N–H and O–H groups in total. The third-order valence-electron chi connectivity index (χ3n) is 4.66. The molecule has 1 aliphatic carbocycles. The molecule has 0 atom stereocenters. The number of hydrogen-bond acceptors (Lipinski definition) is 6. The van der Waals surface area contributed by atoms with Crippen LogP contribution in [0.1, 0.15) is 40.3 Å². The van der Waals surface area contributed by atoms with Crippen LogP contribution in [0.3, 0.4) is 0 Å². The summed E-state index contributed by atoms with van der Waals surface area (Å²) in [5.41, 5.74) is 1.01. The summed E-state index contributed by atoms with van der Waals surface area (Å²) >= 11 is 0. The summed E-state index contributed by atoms with van der Waals surface area (Å²) in [4.78, 5) is 24.9. The van der Waals surface area contributed by atoms with Gasteiger partial charge in [0.15, 0.2) is 5.76 Å². The van der Waals surface area contributed by atoms with Crippen LogP contribution in [0.15, 0.2) is 9.52 Å². The average molecular weight is 481 g/mol. The normalized spacial score (nSPS) is 15.4. The van der Waals surface area contributed by atoms with Gasteiger partial charge in [0.05, 0.1) is 17.9 Å². The van der Waals surface area contributed by atoms with Crippen LogP contribution in [0.25, 0.3) is 0 Å². The predicted octanol–water partition coefficient (Wildman–Crippen LogP) is 3.07. The van der Waals surface area contributed by atoms with Gasteiger partial charge in [0.2, 0.25) is 0 Å². The van der Waals surface area contributed by atoms with Crippen molar-refractivity contribution in [1.29, 1.82) is 10.5 Å². The molecule has 1 aromatic rings. The van der Waals surface area contributed by atoms with Crippen molar-refractivity contribution in [3.63, 3.8) is 0 Å². The average Bonchev–Trinajstić information content (AvgIpc) is 3.07. The van der Waals surface area contributed by atoms with Crippen LogP contribution in [0.4, 0.5) is 30.7 Å². The van der Waals surface area contributed by atoms with Crippen molar-refractivity contribution >= 4 is 17.5 Å². The van der Waals surface area contributed by atoms with E-state index < -0.39 is 42.9 Å². The number of fused-ring (bicyclic) bond motifs is 1. The molecular formula is C18H14F7N5O3. The lowest BCUT2D eigenvalue weighted by Crippen LogP contribution is -2.58. The number of hydrogen-bond donors (Lipinski definition) is 1. The first-order chi connectivity index (χ1) is 15.2. The third-order valence-corrected chi connectivity index (χ3v) is 4.66. The standard InChI is InChI=1S/C18H14F7N5O3/c1-9-12-10(28-29-15(32)16(19,20)17(21,22)18(23,24)25)3-2-4-11(12)33-13(9)14(31)30(7-5-26)8-6-27/h2-4,7-8H2,1H3,(H,29,32)/b28-10+. The van der Waals surface area contributed by atoms with E-state index in [1.807, 2.05) is 0 Å². The second-order valence-electron chi connectivity index (χ2n) is 6.83. The first kappa shape index (κ1) is 25.6. The van der Waals surface area contributed by atoms with Crippen molar-refractivity contribution in [2.24, 2.45) is 5.10 Å². The number of rotatable bonds is 6. The molecule has 0 fully saturated rings. The Morgan fingerprint density at radius 1 is 1.09 bits per heavy atom. The van der Waals surface area contributed by atoms with Crippen molar-refractivity contribution in [3.05, 3.63) is 22.6 Å². The number of aryl methyl sites for hydroxylation is 1. The van der Waals surface area contributed by atoms with Crippen LogP contribution in [-0.4, -0.2) is 53.5 Å². The van der Waals surface area contributed by atoms with E-state index in [0.717, 1.165) is 10.3 Å². The summed E-state index contributed by atoms with van der Waals surface area (Å²) in [5.74, 6) is -16.8. The molecule has 0 saturated carbocycles. The fourth-order valence-corrected chi connectivity index (χ4v) is 3.01. The summed E-state index contributed by atoms with van der Waals surface area (Å²) in [7, 11) is 0. The Bertz CT molecular complexity index is 1050. The SMILES string of the molecule is Cc1c(C(=O)N(CC#N)CC#N)oc2c1/C(=N/NC(=O)C(F)(F)C(F)(F)C(F)(F)F)CCC2. The first-order valence-corrected chi connectivity index (χ1v) is 9.05. The van der Waals surface area contributed by atoms with Crippen LogP contribution in [-0.2, 0) is 11.2 Å². The molecule has 0 unspecified atom stereocenters. The monoisotopic (exact) mass is 481 g/mol. The number of halogens is 7. The van der Waals surface area contributed by atoms with E-state index in [1.165, 1.54) is 6.92 Å². The molecule has 15 heteroatoms. The van der Waals surface area contributed by atoms with Gasteiger partial charge in [0, 0.05) is 17.5 Å². The fraction of sp³-hybridized carbons (Fsp3) is 0.500. The number of nitrogens with zero attached hydrogens (tertiary/aromatic N) is 4. The predicted molar refractivity (Wildman–Crippen MR) is 94.1 cm³/mol. The molecular weight excluding hydrogens is 467 g/mol. The Labute approximate surface area is 181 Å². The van der Waals surface area contributed by atoms with Gasteiger partial charge in [-0.2, -0.15) is 46.4 Å². The summed E-state index contributed by atoms with van der Waals surface area (Å²) in [6, 6.07) is 3.38. The van der Waals surface area contributed by atoms with Crippen LogP contribution in [0.2, 0.25) is 0 Å². The van der Waals surface area contributed by atoms with Crippen molar-refractivity contribution in [3.8, 4) is 12.1 Å². The van der Waals surface area contributed by atoms with E-state index in [9.17, 15) is 40.3 Å². The molecule has 178 valence electrons. The van der Waals surface area contributed by atoms with E-state index >= 15 is 0 Å². The van der Waals surface area contributed by atoms with Crippen LogP contribution in [0.5, 0.6) is 0 Å². The van der Waals surface area contributed by atoms with Crippen LogP contribution < -0.4 is 5.43 Å². The van der Waals surface area contributed by atoms with Gasteiger partial charge < -0.3 is 9.32 Å². The number of nitriles is 2. The maximum atomic E-state index is 13.5. The number of alkyl halides is 7. The van der Waals surface area contributed by atoms with Crippen molar-refractivity contribution in [2.75, 3.05) is 13.1 Å². The van der Waals surface area contributed by atoms with Crippen molar-refractivity contribution in [2.45, 2.75) is 44.2 Å². The second-order valence-corrected chi connectivity index (χ2v) is 6.83. The molecule has 2 amide bonds. The third kappa shape index (κ3) is 4.62. The number of carbonyl (C=O) groups excluding carboxylic acids is 2. The summed E-state index contributed by atoms with van der Waals surface area (Å²) in [5, 5.41) is 20.9. The number of hydrazone groups is 1. The van der Waals surface area contributed by atoms with Gasteiger partial charge in [-0.25, -0.2) is 5.43 Å². The molecule has 0 saturated heterocycles. The maximum absolute atomic E-state index is 13.5. The highest BCUT2D eigenvalue weighted by atomic mass is 19.4. The largest absolute Gasteiger partial charge is 0.460 e. The second kappa shape index (κ2) is 9.09. The zero-order chi connectivity index (χ0) is 25.2. The summed E-state index contributed by atoms with van der Waals surface area (Å²) in [6.45, 7) is 0.453. The minimum atomic E-state index is -6.69. The van der Waals surface area contributed by atoms with E-state index in [0.29, 0.717) is 0 Å². The zero-order valence-electron chi connectivity index (χ0n) is 16.7. The number of furan rings is 1. The van der Waals surface area contributed by atoms with Crippen LogP contribution >= 0.6 is 0 Å². The number of carbonyl (C=O) groups is 2. The van der Waals surface area contributed by atoms with Crippen molar-refractivity contribution < 1.29 is 44.7 Å². The lowest BCUT2D eigenvalue weighted by atomic mass is 9.93. The molecule has 1 heterocycles. The lowest BCUT2D eigenvalue weighted by Gasteiger charge is -2.26. The highest BCUT2D eigenvalue weighted by molar-refractivity contribution is 6.06. The van der Waals surface area contributed by atoms with Gasteiger partial charge in [-0.05, 0) is 19.8 Å². The van der Waals surface area contributed by atoms with E-state index in [2.05, 4.69) is 5.10 Å². The molecule has 33 heavy (non-hydrogen) atoms. The first-order valence-electron chi connectivity index (χ1n) is 9.05. The molecule has 0 spiro atoms. The Morgan fingerprint density at radius 3 is 2.18 bits per heavy atom. The molecule has 1 aliphatic rings. The molecule has 0 aromatic carbocycles. The topological polar surface area (TPSA) is 122 Å². The number of nitrogens with one attached hydrogen (secondary N) is 1. The minimum absolute atomic E-state index is 0.0113. The smallest absolute Gasteiger partial charge is 0.455 e. The van der Waals surface area contributed by atoms with Gasteiger partial charge >= 0.3 is 23.9 Å². The quantitative estimate of drug-likeness (QED) is 0.380. The van der Waals surface area contributed by atoms with Gasteiger partial charge in [0.1, 0.15) is 18.8 Å². The Balaban J connectivity index is 2.37. The zero-order valence-corrected chi connectivity index (χ0v) is 16.7. The van der Waals surface area contributed by atoms with Crippen molar-refractivity contribution in [1.82, 2.24) is 10.3 Å². The van der Waals surface area contributed by atoms with Gasteiger partial charge in [-0.3, -0.25) is 9.59 Å². The summed E-state index contributed by atoms with van der Waals surface area (Å²) in [6.07, 6.45) is -6.20. The van der Waals surface area contributed by atoms with Gasteiger partial charge in [-0.15, -0.1) is 0 Å². The Morgan fingerprint density at radius 2 is 1.67 bits per heavy atom. The highest BCUT2D eigenvalue weighted by Crippen LogP contribution is 2.46. The molecule has 0 radical (unpaired) electrons. The number of amides is 2. The van der Waals surface area contributed by atoms with E-state index in [1.54, 1.807) is 12.1 Å². The van der Waals surface area contributed by atoms with E-state index in [4.69, 9.17) is 14.9 Å². The molecule has 0 aliphatic heterocycles. The lowest BCUT2D eigenvalue weighted by molar-refractivity contribution is -0.344. The molecule has 8 nitrogen and oxygen atoms in total. The van der Waals surface area contributed by atoms with Gasteiger partial charge in [-0.1, -0.05) is 0 Å². The van der Waals surface area contributed by atoms with E-state index in [-0.39, 0.29) is 47.6 Å². The van der Waals surface area contributed by atoms with Crippen LogP contribution in [0, 0.1) is 29.6 Å². The molecule has 2 rings (SSSR count). The maximum Gasteiger partial charge on any atom is 0.460 e. The Kier molecular flexibility index (Phi) is 7.06.